The molecule has 0 spiro atoms. The van der Waals surface area contributed by atoms with Crippen molar-refractivity contribution in [3.63, 3.8) is 0 Å². The summed E-state index contributed by atoms with van der Waals surface area (Å²) < 4.78 is 5.05. The maximum atomic E-state index is 11.7. The normalized spacial score (nSPS) is 9.94. The van der Waals surface area contributed by atoms with Crippen molar-refractivity contribution >= 4 is 28.3 Å². The maximum absolute atomic E-state index is 11.7. The SMILES string of the molecule is Cc1nc(NC(=O)CC#N)sc1C(=O)OC(C)C. The third kappa shape index (κ3) is 3.82. The average molecular weight is 267 g/mol. The second-order valence-electron chi connectivity index (χ2n) is 3.77. The molecule has 6 nitrogen and oxygen atoms in total. The summed E-state index contributed by atoms with van der Waals surface area (Å²) in [6.07, 6.45) is -0.458. The molecule has 1 N–H and O–H groups in total. The number of carbonyl (C=O) groups excluding carboxylic acids is 2. The summed E-state index contributed by atoms with van der Waals surface area (Å²) in [6.45, 7) is 5.17. The first kappa shape index (κ1) is 14.1. The van der Waals surface area contributed by atoms with Crippen LogP contribution in [0.15, 0.2) is 0 Å². The number of rotatable bonds is 4. The highest BCUT2D eigenvalue weighted by Crippen LogP contribution is 2.23. The Labute approximate surface area is 109 Å². The third-order valence-electron chi connectivity index (χ3n) is 1.81. The molecule has 0 bridgehead atoms. The standard InChI is InChI=1S/C11H13N3O3S/c1-6(2)17-10(16)9-7(3)13-11(18-9)14-8(15)4-5-12/h6H,4H2,1-3H3,(H,13,14,15). The minimum atomic E-state index is -0.458. The molecule has 1 amide bonds. The van der Waals surface area contributed by atoms with Gasteiger partial charge in [0.25, 0.3) is 0 Å². The largest absolute Gasteiger partial charge is 0.459 e. The first-order valence-corrected chi connectivity index (χ1v) is 6.11. The minimum Gasteiger partial charge on any atom is -0.459 e. The Morgan fingerprint density at radius 3 is 2.78 bits per heavy atom. The van der Waals surface area contributed by atoms with E-state index in [9.17, 15) is 9.59 Å². The number of aromatic nitrogens is 1. The molecular formula is C11H13N3O3S. The fraction of sp³-hybridized carbons (Fsp3) is 0.455. The molecule has 7 heteroatoms. The van der Waals surface area contributed by atoms with Crippen LogP contribution in [0.3, 0.4) is 0 Å². The summed E-state index contributed by atoms with van der Waals surface area (Å²) in [5.74, 6) is -0.907. The minimum absolute atomic E-state index is 0.212. The van der Waals surface area contributed by atoms with Gasteiger partial charge in [0.05, 0.1) is 17.9 Å². The quantitative estimate of drug-likeness (QED) is 0.841. The molecule has 0 radical (unpaired) electrons. The highest BCUT2D eigenvalue weighted by molar-refractivity contribution is 7.17. The van der Waals surface area contributed by atoms with E-state index in [-0.39, 0.29) is 12.5 Å². The molecule has 0 aliphatic carbocycles. The van der Waals surface area contributed by atoms with Crippen LogP contribution in [-0.4, -0.2) is 23.0 Å². The first-order chi connectivity index (χ1) is 8.43. The Kier molecular flexibility index (Phi) is 4.80. The Bertz CT molecular complexity index is 502. The number of nitriles is 1. The average Bonchev–Trinajstić information content (AvgIpc) is 2.58. The lowest BCUT2D eigenvalue weighted by atomic mass is 10.4. The summed E-state index contributed by atoms with van der Waals surface area (Å²) >= 11 is 1.04. The smallest absolute Gasteiger partial charge is 0.350 e. The van der Waals surface area contributed by atoms with E-state index < -0.39 is 11.9 Å². The monoisotopic (exact) mass is 267 g/mol. The van der Waals surface area contributed by atoms with Gasteiger partial charge in [-0.3, -0.25) is 4.79 Å². The van der Waals surface area contributed by atoms with Gasteiger partial charge in [0.1, 0.15) is 11.3 Å². The fourth-order valence-electron chi connectivity index (χ4n) is 1.14. The van der Waals surface area contributed by atoms with Crippen LogP contribution >= 0.6 is 11.3 Å². The zero-order chi connectivity index (χ0) is 13.7. The van der Waals surface area contributed by atoms with Gasteiger partial charge in [-0.05, 0) is 20.8 Å². The van der Waals surface area contributed by atoms with Gasteiger partial charge in [0.2, 0.25) is 5.91 Å². The number of carbonyl (C=O) groups is 2. The van der Waals surface area contributed by atoms with Crippen molar-refractivity contribution in [2.24, 2.45) is 0 Å². The number of anilines is 1. The van der Waals surface area contributed by atoms with E-state index in [1.54, 1.807) is 26.8 Å². The summed E-state index contributed by atoms with van der Waals surface area (Å²) in [6, 6.07) is 1.73. The highest BCUT2D eigenvalue weighted by Gasteiger charge is 2.18. The van der Waals surface area contributed by atoms with Gasteiger partial charge in [-0.15, -0.1) is 0 Å². The van der Waals surface area contributed by atoms with Crippen molar-refractivity contribution in [3.8, 4) is 6.07 Å². The molecule has 1 rings (SSSR count). The number of hydrogen-bond donors (Lipinski definition) is 1. The summed E-state index contributed by atoms with van der Waals surface area (Å²) in [5, 5.41) is 11.1. The van der Waals surface area contributed by atoms with Crippen LogP contribution < -0.4 is 5.32 Å². The number of ether oxygens (including phenoxy) is 1. The van der Waals surface area contributed by atoms with Crippen LogP contribution in [0.25, 0.3) is 0 Å². The lowest BCUT2D eigenvalue weighted by Gasteiger charge is -2.05. The van der Waals surface area contributed by atoms with E-state index in [2.05, 4.69) is 10.3 Å². The van der Waals surface area contributed by atoms with Gasteiger partial charge >= 0.3 is 5.97 Å². The van der Waals surface area contributed by atoms with E-state index in [1.165, 1.54) is 0 Å². The van der Waals surface area contributed by atoms with Gasteiger partial charge in [0, 0.05) is 0 Å². The van der Waals surface area contributed by atoms with Gasteiger partial charge < -0.3 is 10.1 Å². The maximum Gasteiger partial charge on any atom is 0.350 e. The number of hydrogen-bond acceptors (Lipinski definition) is 6. The number of amides is 1. The second kappa shape index (κ2) is 6.12. The van der Waals surface area contributed by atoms with Crippen LogP contribution in [0.2, 0.25) is 0 Å². The Balaban J connectivity index is 2.79. The van der Waals surface area contributed by atoms with Crippen molar-refractivity contribution in [2.45, 2.75) is 33.3 Å². The van der Waals surface area contributed by atoms with Crippen LogP contribution in [0, 0.1) is 18.3 Å². The predicted molar refractivity (Wildman–Crippen MR) is 66.3 cm³/mol. The zero-order valence-corrected chi connectivity index (χ0v) is 11.1. The van der Waals surface area contributed by atoms with E-state index in [1.807, 2.05) is 0 Å². The highest BCUT2D eigenvalue weighted by atomic mass is 32.1. The number of nitrogens with one attached hydrogen (secondary N) is 1. The number of nitrogens with zero attached hydrogens (tertiary/aromatic N) is 2. The first-order valence-electron chi connectivity index (χ1n) is 5.29. The third-order valence-corrected chi connectivity index (χ3v) is 2.86. The van der Waals surface area contributed by atoms with Crippen molar-refractivity contribution in [2.75, 3.05) is 5.32 Å². The molecule has 1 aromatic heterocycles. The van der Waals surface area contributed by atoms with E-state index in [0.717, 1.165) is 11.3 Å². The van der Waals surface area contributed by atoms with Crippen LogP contribution in [0.4, 0.5) is 5.13 Å². The van der Waals surface area contributed by atoms with E-state index >= 15 is 0 Å². The lowest BCUT2D eigenvalue weighted by Crippen LogP contribution is -2.11. The van der Waals surface area contributed by atoms with Crippen molar-refractivity contribution < 1.29 is 14.3 Å². The second-order valence-corrected chi connectivity index (χ2v) is 4.77. The summed E-state index contributed by atoms with van der Waals surface area (Å²) in [7, 11) is 0. The molecule has 18 heavy (non-hydrogen) atoms. The molecule has 1 aromatic rings. The van der Waals surface area contributed by atoms with E-state index in [4.69, 9.17) is 10.00 Å². The van der Waals surface area contributed by atoms with Crippen molar-refractivity contribution in [3.05, 3.63) is 10.6 Å². The number of aryl methyl sites for hydroxylation is 1. The number of esters is 1. The molecule has 0 saturated carbocycles. The molecule has 0 unspecified atom stereocenters. The van der Waals surface area contributed by atoms with Crippen LogP contribution in [0.5, 0.6) is 0 Å². The molecule has 0 saturated heterocycles. The van der Waals surface area contributed by atoms with Gasteiger partial charge in [-0.25, -0.2) is 9.78 Å². The molecular weight excluding hydrogens is 254 g/mol. The number of thiazole rings is 1. The van der Waals surface area contributed by atoms with Crippen LogP contribution in [0.1, 0.15) is 35.6 Å². The Morgan fingerprint density at radius 1 is 1.56 bits per heavy atom. The lowest BCUT2D eigenvalue weighted by molar-refractivity contribution is -0.115. The molecule has 0 aliphatic heterocycles. The predicted octanol–water partition coefficient (Wildman–Crippen LogP) is 1.87. The summed E-state index contributed by atoms with van der Waals surface area (Å²) in [4.78, 5) is 27.3. The summed E-state index contributed by atoms with van der Waals surface area (Å²) in [5.41, 5.74) is 0.498. The van der Waals surface area contributed by atoms with Crippen molar-refractivity contribution in [1.29, 1.82) is 5.26 Å². The van der Waals surface area contributed by atoms with Gasteiger partial charge in [-0.2, -0.15) is 5.26 Å². The van der Waals surface area contributed by atoms with Gasteiger partial charge in [-0.1, -0.05) is 11.3 Å². The van der Waals surface area contributed by atoms with Crippen molar-refractivity contribution in [1.82, 2.24) is 4.98 Å². The molecule has 0 aromatic carbocycles. The van der Waals surface area contributed by atoms with Crippen LogP contribution in [-0.2, 0) is 9.53 Å². The van der Waals surface area contributed by atoms with Gasteiger partial charge in [0.15, 0.2) is 5.13 Å². The topological polar surface area (TPSA) is 92.1 Å². The zero-order valence-electron chi connectivity index (χ0n) is 10.3. The molecule has 96 valence electrons. The fourth-order valence-corrected chi connectivity index (χ4v) is 2.01. The van der Waals surface area contributed by atoms with E-state index in [0.29, 0.717) is 15.7 Å². The molecule has 1 heterocycles. The Morgan fingerprint density at radius 2 is 2.22 bits per heavy atom. The molecule has 0 fully saturated rings. The molecule has 0 aliphatic rings. The Hall–Kier alpha value is -1.94. The molecule has 0 atom stereocenters.